The number of carbonyl (C=O) groups is 1. The maximum absolute atomic E-state index is 13.9. The Bertz CT molecular complexity index is 856. The van der Waals surface area contributed by atoms with Gasteiger partial charge in [0, 0.05) is 18.3 Å². The molecule has 1 N–H and O–H groups in total. The molecule has 0 aliphatic heterocycles. The summed E-state index contributed by atoms with van der Waals surface area (Å²) in [4.78, 5) is 14.9. The zero-order valence-corrected chi connectivity index (χ0v) is 13.4. The molecule has 0 unspecified atom stereocenters. The van der Waals surface area contributed by atoms with E-state index in [0.717, 1.165) is 18.3 Å². The average Bonchev–Trinajstić information content (AvgIpc) is 2.52. The van der Waals surface area contributed by atoms with Crippen LogP contribution in [0, 0.1) is 11.6 Å². The summed E-state index contributed by atoms with van der Waals surface area (Å²) in [6.45, 7) is -0.307. The fourth-order valence-corrected chi connectivity index (χ4v) is 3.00. The number of aromatic nitrogens is 1. The number of nitrogens with one attached hydrogen (secondary N) is 1. The molecule has 0 aliphatic carbocycles. The van der Waals surface area contributed by atoms with E-state index < -0.39 is 33.4 Å². The number of hydrogen-bond donors (Lipinski definition) is 1. The normalized spacial score (nSPS) is 11.3. The number of rotatable bonds is 6. The van der Waals surface area contributed by atoms with E-state index in [9.17, 15) is 22.0 Å². The molecule has 0 saturated carbocycles. The van der Waals surface area contributed by atoms with Crippen molar-refractivity contribution in [2.24, 2.45) is 0 Å². The van der Waals surface area contributed by atoms with E-state index in [1.165, 1.54) is 25.4 Å². The lowest BCUT2D eigenvalue weighted by molar-refractivity contribution is 0.0600. The van der Waals surface area contributed by atoms with Crippen LogP contribution in [0.4, 0.5) is 8.78 Å². The van der Waals surface area contributed by atoms with Crippen LogP contribution in [-0.4, -0.2) is 26.5 Å². The van der Waals surface area contributed by atoms with Gasteiger partial charge in [-0.15, -0.1) is 0 Å². The van der Waals surface area contributed by atoms with Gasteiger partial charge in [0.1, 0.15) is 11.6 Å². The van der Waals surface area contributed by atoms with Gasteiger partial charge in [0.2, 0.25) is 10.0 Å². The summed E-state index contributed by atoms with van der Waals surface area (Å²) in [5.41, 5.74) is 0.250. The van der Waals surface area contributed by atoms with E-state index in [1.807, 2.05) is 0 Å². The first-order valence-corrected chi connectivity index (χ1v) is 8.39. The van der Waals surface area contributed by atoms with Crippen molar-refractivity contribution in [1.29, 1.82) is 0 Å². The molecule has 2 aromatic rings. The van der Waals surface area contributed by atoms with Gasteiger partial charge in [0.15, 0.2) is 0 Å². The maximum atomic E-state index is 13.9. The molecule has 0 radical (unpaired) electrons. The first-order valence-electron chi connectivity index (χ1n) is 6.74. The average molecular weight is 356 g/mol. The molecule has 0 atom stereocenters. The Morgan fingerprint density at radius 2 is 2.00 bits per heavy atom. The van der Waals surface area contributed by atoms with Gasteiger partial charge in [-0.1, -0.05) is 6.07 Å². The first kappa shape index (κ1) is 18.0. The fraction of sp³-hybridized carbons (Fsp3) is 0.200. The number of benzene rings is 1. The predicted molar refractivity (Wildman–Crippen MR) is 81.4 cm³/mol. The third-order valence-corrected chi connectivity index (χ3v) is 4.37. The molecule has 6 nitrogen and oxygen atoms in total. The molecule has 0 fully saturated rings. The molecule has 0 saturated heterocycles. The second-order valence-electron chi connectivity index (χ2n) is 4.89. The second kappa shape index (κ2) is 7.45. The number of carbonyl (C=O) groups excluding carboxylic acids is 1. The number of methoxy groups -OCH3 is 1. The zero-order chi connectivity index (χ0) is 17.7. The molecule has 2 rings (SSSR count). The van der Waals surface area contributed by atoms with Gasteiger partial charge in [-0.3, -0.25) is 4.98 Å². The highest BCUT2D eigenvalue weighted by Gasteiger charge is 2.15. The van der Waals surface area contributed by atoms with Gasteiger partial charge in [-0.25, -0.2) is 26.7 Å². The van der Waals surface area contributed by atoms with Crippen LogP contribution in [0.1, 0.15) is 21.5 Å². The standard InChI is InChI=1S/C15H14F2N2O4S/c1-23-15(20)11-2-3-12(14(17)5-11)7-19-24(21,22)9-10-4-13(16)8-18-6-10/h2-6,8,19H,7,9H2,1H3. The molecule has 1 aromatic carbocycles. The van der Waals surface area contributed by atoms with Gasteiger partial charge in [0.25, 0.3) is 0 Å². The summed E-state index contributed by atoms with van der Waals surface area (Å²) < 4.78 is 57.5. The van der Waals surface area contributed by atoms with Crippen LogP contribution in [0.25, 0.3) is 0 Å². The SMILES string of the molecule is COC(=O)c1ccc(CNS(=O)(=O)Cc2cncc(F)c2)c(F)c1. The van der Waals surface area contributed by atoms with Crippen molar-refractivity contribution in [2.75, 3.05) is 7.11 Å². The monoisotopic (exact) mass is 356 g/mol. The summed E-state index contributed by atoms with van der Waals surface area (Å²) in [5.74, 6) is -2.57. The molecule has 1 heterocycles. The Kier molecular flexibility index (Phi) is 5.58. The Labute approximate surface area is 137 Å². The van der Waals surface area contributed by atoms with E-state index in [1.54, 1.807) is 0 Å². The minimum atomic E-state index is -3.81. The van der Waals surface area contributed by atoms with Crippen molar-refractivity contribution >= 4 is 16.0 Å². The van der Waals surface area contributed by atoms with Crippen molar-refractivity contribution in [1.82, 2.24) is 9.71 Å². The van der Waals surface area contributed by atoms with Crippen LogP contribution in [0.3, 0.4) is 0 Å². The topological polar surface area (TPSA) is 85.4 Å². The van der Waals surface area contributed by atoms with Gasteiger partial charge in [-0.2, -0.15) is 0 Å². The highest BCUT2D eigenvalue weighted by atomic mass is 32.2. The molecule has 0 spiro atoms. The molecule has 24 heavy (non-hydrogen) atoms. The van der Waals surface area contributed by atoms with Crippen molar-refractivity contribution in [2.45, 2.75) is 12.3 Å². The van der Waals surface area contributed by atoms with Crippen LogP contribution in [0.15, 0.2) is 36.7 Å². The molecule has 0 amide bonds. The molecular formula is C15H14F2N2O4S. The quantitative estimate of drug-likeness (QED) is 0.798. The van der Waals surface area contributed by atoms with E-state index in [2.05, 4.69) is 14.4 Å². The minimum Gasteiger partial charge on any atom is -0.465 e. The third kappa shape index (κ3) is 4.80. The number of pyridine rings is 1. The second-order valence-corrected chi connectivity index (χ2v) is 6.70. The zero-order valence-electron chi connectivity index (χ0n) is 12.6. The molecular weight excluding hydrogens is 342 g/mol. The highest BCUT2D eigenvalue weighted by molar-refractivity contribution is 7.88. The van der Waals surface area contributed by atoms with Crippen molar-refractivity contribution in [3.05, 3.63) is 65.0 Å². The molecule has 0 aliphatic rings. The number of esters is 1. The Balaban J connectivity index is 2.05. The van der Waals surface area contributed by atoms with Gasteiger partial charge in [0.05, 0.1) is 24.6 Å². The summed E-state index contributed by atoms with van der Waals surface area (Å²) in [5, 5.41) is 0. The summed E-state index contributed by atoms with van der Waals surface area (Å²) in [6.07, 6.45) is 2.19. The lowest BCUT2D eigenvalue weighted by Gasteiger charge is -2.08. The third-order valence-electron chi connectivity index (χ3n) is 3.07. The minimum absolute atomic E-state index is 0.0208. The Hall–Kier alpha value is -2.39. The summed E-state index contributed by atoms with van der Waals surface area (Å²) >= 11 is 0. The first-order chi connectivity index (χ1) is 11.3. The van der Waals surface area contributed by atoms with E-state index >= 15 is 0 Å². The fourth-order valence-electron chi connectivity index (χ4n) is 1.93. The number of hydrogen-bond acceptors (Lipinski definition) is 5. The predicted octanol–water partition coefficient (Wildman–Crippen LogP) is 1.77. The van der Waals surface area contributed by atoms with Crippen molar-refractivity contribution in [3.8, 4) is 0 Å². The lowest BCUT2D eigenvalue weighted by Crippen LogP contribution is -2.25. The Morgan fingerprint density at radius 1 is 1.25 bits per heavy atom. The summed E-state index contributed by atoms with van der Waals surface area (Å²) in [6, 6.07) is 4.63. The van der Waals surface area contributed by atoms with Gasteiger partial charge >= 0.3 is 5.97 Å². The molecule has 1 aromatic heterocycles. The molecule has 9 heteroatoms. The largest absolute Gasteiger partial charge is 0.465 e. The van der Waals surface area contributed by atoms with E-state index in [0.29, 0.717) is 0 Å². The number of ether oxygens (including phenoxy) is 1. The highest BCUT2D eigenvalue weighted by Crippen LogP contribution is 2.12. The maximum Gasteiger partial charge on any atom is 0.337 e. The lowest BCUT2D eigenvalue weighted by atomic mass is 10.1. The van der Waals surface area contributed by atoms with Crippen LogP contribution in [-0.2, 0) is 27.1 Å². The van der Waals surface area contributed by atoms with E-state index in [-0.39, 0.29) is 23.2 Å². The van der Waals surface area contributed by atoms with E-state index in [4.69, 9.17) is 0 Å². The smallest absolute Gasteiger partial charge is 0.337 e. The van der Waals surface area contributed by atoms with Gasteiger partial charge in [-0.05, 0) is 23.8 Å². The number of halogens is 2. The molecule has 0 bridgehead atoms. The van der Waals surface area contributed by atoms with Gasteiger partial charge < -0.3 is 4.74 Å². The van der Waals surface area contributed by atoms with Crippen molar-refractivity contribution < 1.29 is 26.7 Å². The van der Waals surface area contributed by atoms with Crippen LogP contribution in [0.5, 0.6) is 0 Å². The molecule has 128 valence electrons. The number of nitrogens with zero attached hydrogens (tertiary/aromatic N) is 1. The van der Waals surface area contributed by atoms with Crippen molar-refractivity contribution in [3.63, 3.8) is 0 Å². The number of sulfonamides is 1. The van der Waals surface area contributed by atoms with Crippen LogP contribution in [0.2, 0.25) is 0 Å². The van der Waals surface area contributed by atoms with Crippen LogP contribution < -0.4 is 4.72 Å². The summed E-state index contributed by atoms with van der Waals surface area (Å²) in [7, 11) is -2.64. The van der Waals surface area contributed by atoms with Crippen LogP contribution >= 0.6 is 0 Å². The Morgan fingerprint density at radius 3 is 2.62 bits per heavy atom.